The third-order valence-corrected chi connectivity index (χ3v) is 6.13. The van der Waals surface area contributed by atoms with E-state index >= 15 is 0 Å². The third kappa shape index (κ3) is 5.92. The maximum Gasteiger partial charge on any atom is 0.573 e. The Balaban J connectivity index is 1.80. The molecule has 0 aliphatic carbocycles. The molecular formula is C24H13F6N3O3S. The maximum atomic E-state index is 13.0. The van der Waals surface area contributed by atoms with Gasteiger partial charge in [0.2, 0.25) is 0 Å². The maximum absolute atomic E-state index is 13.0. The van der Waals surface area contributed by atoms with Gasteiger partial charge >= 0.3 is 18.5 Å². The molecule has 190 valence electrons. The van der Waals surface area contributed by atoms with Gasteiger partial charge in [-0.15, -0.1) is 24.5 Å². The number of allylic oxidation sites excluding steroid dienone is 1. The van der Waals surface area contributed by atoms with Crippen molar-refractivity contribution >= 4 is 39.9 Å². The van der Waals surface area contributed by atoms with Crippen molar-refractivity contribution in [1.82, 2.24) is 9.55 Å². The summed E-state index contributed by atoms with van der Waals surface area (Å²) in [7, 11) is 0. The number of ether oxygens (including phenoxy) is 1. The number of aromatic nitrogens is 2. The van der Waals surface area contributed by atoms with Gasteiger partial charge in [-0.05, 0) is 35.9 Å². The molecule has 37 heavy (non-hydrogen) atoms. The van der Waals surface area contributed by atoms with E-state index in [1.165, 1.54) is 47.2 Å². The van der Waals surface area contributed by atoms with Crippen LogP contribution >= 0.6 is 11.3 Å². The van der Waals surface area contributed by atoms with Gasteiger partial charge in [-0.25, -0.2) is 9.78 Å². The Kier molecular flexibility index (Phi) is 6.70. The third-order valence-electron chi connectivity index (χ3n) is 5.10. The first-order chi connectivity index (χ1) is 17.3. The molecule has 0 bridgehead atoms. The Hall–Kier alpha value is -4.31. The summed E-state index contributed by atoms with van der Waals surface area (Å²) in [6, 6.07) is 11.0. The van der Waals surface area contributed by atoms with Crippen LogP contribution in [0.25, 0.3) is 22.6 Å². The lowest BCUT2D eigenvalue weighted by Crippen LogP contribution is -2.17. The van der Waals surface area contributed by atoms with Crippen molar-refractivity contribution in [2.75, 3.05) is 0 Å². The number of alkyl halides is 6. The Labute approximate surface area is 208 Å². The van der Waals surface area contributed by atoms with Crippen LogP contribution in [0, 0.1) is 11.3 Å². The molecule has 0 atom stereocenters. The topological polar surface area (TPSA) is 88.1 Å². The molecule has 0 aliphatic heterocycles. The first kappa shape index (κ1) is 25.8. The highest BCUT2D eigenvalue weighted by atomic mass is 32.1. The van der Waals surface area contributed by atoms with Crippen molar-refractivity contribution in [2.24, 2.45) is 0 Å². The fourth-order valence-electron chi connectivity index (χ4n) is 3.55. The number of nitrogens with zero attached hydrogens (tertiary/aromatic N) is 3. The second kappa shape index (κ2) is 9.62. The molecule has 4 rings (SSSR count). The molecule has 0 radical (unpaired) electrons. The average molecular weight is 537 g/mol. The van der Waals surface area contributed by atoms with E-state index in [-0.39, 0.29) is 28.1 Å². The highest BCUT2D eigenvalue weighted by Crippen LogP contribution is 2.35. The minimum Gasteiger partial charge on any atom is -0.478 e. The largest absolute Gasteiger partial charge is 0.573 e. The number of carbonyl (C=O) groups is 1. The SMILES string of the molecule is N#CC(=Cc1cn(Cc2cnc(C(F)(F)F)s2)c2cc(OC(F)(F)F)ccc12)c1ccc(C(=O)O)cc1. The van der Waals surface area contributed by atoms with Gasteiger partial charge in [0, 0.05) is 34.3 Å². The molecule has 0 saturated heterocycles. The molecule has 4 aromatic rings. The van der Waals surface area contributed by atoms with E-state index < -0.39 is 29.3 Å². The van der Waals surface area contributed by atoms with Crippen LogP contribution in [0.5, 0.6) is 5.75 Å². The van der Waals surface area contributed by atoms with Crippen molar-refractivity contribution < 1.29 is 41.0 Å². The molecular weight excluding hydrogens is 524 g/mol. The standard InChI is InChI=1S/C24H13F6N3O3S/c25-23(26,27)22-32-10-18(37-22)12-33-11-16(19-6-5-17(8-20(19)33)36-24(28,29)30)7-15(9-31)13-1-3-14(4-2-13)21(34)35/h1-8,10-11H,12H2,(H,34,35). The van der Waals surface area contributed by atoms with Crippen LogP contribution in [0.4, 0.5) is 26.3 Å². The van der Waals surface area contributed by atoms with Crippen LogP contribution in [0.2, 0.25) is 0 Å². The summed E-state index contributed by atoms with van der Waals surface area (Å²) >= 11 is 0.402. The average Bonchev–Trinajstić information content (AvgIpc) is 3.42. The first-order valence-electron chi connectivity index (χ1n) is 10.2. The summed E-state index contributed by atoms with van der Waals surface area (Å²) in [5.41, 5.74) is 1.14. The number of benzene rings is 2. The fraction of sp³-hybridized carbons (Fsp3) is 0.125. The number of carboxylic acids is 1. The normalized spacial score (nSPS) is 12.5. The number of thiazole rings is 1. The zero-order valence-corrected chi connectivity index (χ0v) is 19.1. The first-order valence-corrected chi connectivity index (χ1v) is 11.0. The van der Waals surface area contributed by atoms with Gasteiger partial charge in [0.15, 0.2) is 5.01 Å². The molecule has 0 amide bonds. The summed E-state index contributed by atoms with van der Waals surface area (Å²) in [4.78, 5) is 14.7. The summed E-state index contributed by atoms with van der Waals surface area (Å²) < 4.78 is 82.6. The number of hydrogen-bond donors (Lipinski definition) is 1. The lowest BCUT2D eigenvalue weighted by Gasteiger charge is -2.10. The Morgan fingerprint density at radius 3 is 2.35 bits per heavy atom. The van der Waals surface area contributed by atoms with Crippen molar-refractivity contribution in [3.8, 4) is 11.8 Å². The van der Waals surface area contributed by atoms with Crippen molar-refractivity contribution in [2.45, 2.75) is 19.1 Å². The number of fused-ring (bicyclic) bond motifs is 1. The van der Waals surface area contributed by atoms with Gasteiger partial charge in [-0.1, -0.05) is 12.1 Å². The molecule has 0 aliphatic rings. The van der Waals surface area contributed by atoms with E-state index in [1.54, 1.807) is 0 Å². The minimum absolute atomic E-state index is 0.0117. The lowest BCUT2D eigenvalue weighted by molar-refractivity contribution is -0.274. The fourth-order valence-corrected chi connectivity index (χ4v) is 4.33. The van der Waals surface area contributed by atoms with E-state index in [0.29, 0.717) is 27.8 Å². The second-order valence-electron chi connectivity index (χ2n) is 7.62. The zero-order valence-electron chi connectivity index (χ0n) is 18.3. The van der Waals surface area contributed by atoms with Crippen LogP contribution < -0.4 is 4.74 Å². The zero-order chi connectivity index (χ0) is 27.0. The molecule has 13 heteroatoms. The second-order valence-corrected chi connectivity index (χ2v) is 8.74. The predicted octanol–water partition coefficient (Wildman–Crippen LogP) is 6.83. The highest BCUT2D eigenvalue weighted by Gasteiger charge is 2.34. The molecule has 0 saturated carbocycles. The van der Waals surface area contributed by atoms with Crippen LogP contribution in [0.1, 0.15) is 31.4 Å². The number of hydrogen-bond acceptors (Lipinski definition) is 5. The number of aromatic carboxylic acids is 1. The molecule has 0 spiro atoms. The van der Waals surface area contributed by atoms with Gasteiger partial charge in [-0.2, -0.15) is 18.4 Å². The van der Waals surface area contributed by atoms with E-state index in [4.69, 9.17) is 5.11 Å². The predicted molar refractivity (Wildman–Crippen MR) is 122 cm³/mol. The molecule has 2 aromatic carbocycles. The van der Waals surface area contributed by atoms with Crippen molar-refractivity contribution in [3.63, 3.8) is 0 Å². The van der Waals surface area contributed by atoms with E-state index in [0.717, 1.165) is 18.3 Å². The van der Waals surface area contributed by atoms with Gasteiger partial charge in [0.25, 0.3) is 0 Å². The summed E-state index contributed by atoms with van der Waals surface area (Å²) in [6.45, 7) is -0.136. The van der Waals surface area contributed by atoms with Crippen LogP contribution in [0.15, 0.2) is 54.9 Å². The van der Waals surface area contributed by atoms with Gasteiger partial charge in [-0.3, -0.25) is 0 Å². The van der Waals surface area contributed by atoms with Crippen molar-refractivity contribution in [1.29, 1.82) is 5.26 Å². The molecule has 2 heterocycles. The van der Waals surface area contributed by atoms with Gasteiger partial charge in [0.05, 0.1) is 29.3 Å². The van der Waals surface area contributed by atoms with Crippen LogP contribution in [0.3, 0.4) is 0 Å². The minimum atomic E-state index is -4.96. The summed E-state index contributed by atoms with van der Waals surface area (Å²) in [6.07, 6.45) is -5.62. The number of rotatable bonds is 6. The molecule has 0 fully saturated rings. The van der Waals surface area contributed by atoms with E-state index in [2.05, 4.69) is 9.72 Å². The lowest BCUT2D eigenvalue weighted by atomic mass is 10.0. The van der Waals surface area contributed by atoms with Gasteiger partial charge < -0.3 is 14.4 Å². The van der Waals surface area contributed by atoms with Crippen LogP contribution in [-0.2, 0) is 12.7 Å². The molecule has 6 nitrogen and oxygen atoms in total. The number of carboxylic acid groups (broad SMARTS) is 1. The monoisotopic (exact) mass is 537 g/mol. The Bertz CT molecular complexity index is 1540. The Morgan fingerprint density at radius 2 is 1.78 bits per heavy atom. The molecule has 2 aromatic heterocycles. The quantitative estimate of drug-likeness (QED) is 0.215. The number of nitriles is 1. The van der Waals surface area contributed by atoms with Crippen LogP contribution in [-0.4, -0.2) is 27.0 Å². The molecule has 1 N–H and O–H groups in total. The Morgan fingerprint density at radius 1 is 1.11 bits per heavy atom. The molecule has 0 unspecified atom stereocenters. The van der Waals surface area contributed by atoms with Gasteiger partial charge in [0.1, 0.15) is 5.75 Å². The van der Waals surface area contributed by atoms with E-state index in [9.17, 15) is 36.4 Å². The number of halogens is 6. The van der Waals surface area contributed by atoms with E-state index in [1.807, 2.05) is 6.07 Å². The highest BCUT2D eigenvalue weighted by molar-refractivity contribution is 7.11. The summed E-state index contributed by atoms with van der Waals surface area (Å²) in [5.74, 6) is -1.68. The smallest absolute Gasteiger partial charge is 0.478 e. The van der Waals surface area contributed by atoms with Crippen molar-refractivity contribution in [3.05, 3.63) is 81.4 Å². The summed E-state index contributed by atoms with van der Waals surface area (Å²) in [5, 5.41) is 18.1.